The molecular formula is C5H6Cl3N. The van der Waals surface area contributed by atoms with E-state index < -0.39 is 3.79 Å². The Bertz CT molecular complexity index is 121. The predicted molar refractivity (Wildman–Crippen MR) is 39.7 cm³/mol. The Labute approximate surface area is 69.5 Å². The fourth-order valence-corrected chi connectivity index (χ4v) is 1.09. The molecule has 1 nitrogen and oxygen atoms in total. The van der Waals surface area contributed by atoms with Gasteiger partial charge in [0.1, 0.15) is 0 Å². The molecule has 0 fully saturated rings. The summed E-state index contributed by atoms with van der Waals surface area (Å²) in [4.78, 5) is 0. The van der Waals surface area contributed by atoms with E-state index in [1.54, 1.807) is 6.92 Å². The second kappa shape index (κ2) is 3.51. The first-order valence-corrected chi connectivity index (χ1v) is 3.55. The third kappa shape index (κ3) is 6.24. The SMILES string of the molecule is CC(C#N)CC(Cl)(Cl)Cl. The molecule has 0 aliphatic heterocycles. The maximum Gasteiger partial charge on any atom is 0.191 e. The average Bonchev–Trinajstić information content (AvgIpc) is 1.62. The normalized spacial score (nSPS) is 14.6. The first-order chi connectivity index (χ1) is 3.95. The molecule has 0 aromatic carbocycles. The molecule has 0 rings (SSSR count). The molecule has 0 saturated heterocycles. The lowest BCUT2D eigenvalue weighted by atomic mass is 10.1. The van der Waals surface area contributed by atoms with Gasteiger partial charge in [0, 0.05) is 12.3 Å². The molecule has 0 aliphatic rings. The molecule has 0 bridgehead atoms. The Morgan fingerprint density at radius 2 is 2.00 bits per heavy atom. The summed E-state index contributed by atoms with van der Waals surface area (Å²) < 4.78 is -1.28. The number of hydrogen-bond acceptors (Lipinski definition) is 1. The minimum absolute atomic E-state index is 0.197. The maximum absolute atomic E-state index is 8.27. The lowest BCUT2D eigenvalue weighted by Gasteiger charge is -2.10. The third-order valence-electron chi connectivity index (χ3n) is 0.758. The first kappa shape index (κ1) is 9.36. The van der Waals surface area contributed by atoms with Gasteiger partial charge in [-0.15, -0.1) is 0 Å². The molecule has 0 aromatic rings. The van der Waals surface area contributed by atoms with E-state index in [0.717, 1.165) is 0 Å². The zero-order chi connectivity index (χ0) is 7.49. The van der Waals surface area contributed by atoms with Crippen LogP contribution < -0.4 is 0 Å². The molecule has 4 heteroatoms. The molecule has 0 aliphatic carbocycles. The van der Waals surface area contributed by atoms with Gasteiger partial charge in [0.2, 0.25) is 0 Å². The van der Waals surface area contributed by atoms with Gasteiger partial charge in [-0.25, -0.2) is 0 Å². The van der Waals surface area contributed by atoms with Gasteiger partial charge in [-0.1, -0.05) is 34.8 Å². The van der Waals surface area contributed by atoms with E-state index in [9.17, 15) is 0 Å². The van der Waals surface area contributed by atoms with Crippen LogP contribution in [0.15, 0.2) is 0 Å². The molecule has 0 amide bonds. The van der Waals surface area contributed by atoms with Crippen LogP contribution in [0.25, 0.3) is 0 Å². The van der Waals surface area contributed by atoms with Crippen molar-refractivity contribution in [2.45, 2.75) is 17.1 Å². The summed E-state index contributed by atoms with van der Waals surface area (Å²) in [6.07, 6.45) is 0.286. The van der Waals surface area contributed by atoms with Gasteiger partial charge in [-0.2, -0.15) is 5.26 Å². The van der Waals surface area contributed by atoms with Crippen LogP contribution in [0.1, 0.15) is 13.3 Å². The highest BCUT2D eigenvalue weighted by molar-refractivity contribution is 6.67. The molecule has 0 saturated carbocycles. The second-order valence-corrected chi connectivity index (χ2v) is 4.37. The highest BCUT2D eigenvalue weighted by Crippen LogP contribution is 2.32. The van der Waals surface area contributed by atoms with Crippen molar-refractivity contribution in [1.29, 1.82) is 5.26 Å². The lowest BCUT2D eigenvalue weighted by Crippen LogP contribution is -2.07. The molecule has 1 atom stereocenters. The highest BCUT2D eigenvalue weighted by Gasteiger charge is 2.22. The van der Waals surface area contributed by atoms with Crippen LogP contribution in [0, 0.1) is 17.2 Å². The van der Waals surface area contributed by atoms with Gasteiger partial charge in [0.05, 0.1) is 6.07 Å². The molecule has 0 radical (unpaired) electrons. The van der Waals surface area contributed by atoms with E-state index >= 15 is 0 Å². The topological polar surface area (TPSA) is 23.8 Å². The van der Waals surface area contributed by atoms with Crippen molar-refractivity contribution in [2.24, 2.45) is 5.92 Å². The van der Waals surface area contributed by atoms with Gasteiger partial charge in [-0.05, 0) is 6.92 Å². The van der Waals surface area contributed by atoms with Crippen LogP contribution >= 0.6 is 34.8 Å². The second-order valence-electron chi connectivity index (χ2n) is 1.85. The molecular weight excluding hydrogens is 180 g/mol. The Morgan fingerprint density at radius 1 is 1.56 bits per heavy atom. The number of rotatable bonds is 1. The highest BCUT2D eigenvalue weighted by atomic mass is 35.6. The van der Waals surface area contributed by atoms with E-state index in [1.807, 2.05) is 6.07 Å². The quantitative estimate of drug-likeness (QED) is 0.578. The van der Waals surface area contributed by atoms with E-state index in [2.05, 4.69) is 0 Å². The zero-order valence-electron chi connectivity index (χ0n) is 4.87. The van der Waals surface area contributed by atoms with Crippen LogP contribution in [0.5, 0.6) is 0 Å². The molecule has 0 heterocycles. The van der Waals surface area contributed by atoms with Crippen molar-refractivity contribution < 1.29 is 0 Å². The van der Waals surface area contributed by atoms with Crippen molar-refractivity contribution in [1.82, 2.24) is 0 Å². The van der Waals surface area contributed by atoms with Crippen molar-refractivity contribution in [3.05, 3.63) is 0 Å². The average molecular weight is 186 g/mol. The zero-order valence-corrected chi connectivity index (χ0v) is 7.13. The van der Waals surface area contributed by atoms with Gasteiger partial charge in [0.25, 0.3) is 0 Å². The van der Waals surface area contributed by atoms with Gasteiger partial charge in [-0.3, -0.25) is 0 Å². The summed E-state index contributed by atoms with van der Waals surface area (Å²) in [6, 6.07) is 1.97. The molecule has 0 N–H and O–H groups in total. The lowest BCUT2D eigenvalue weighted by molar-refractivity contribution is 0.675. The van der Waals surface area contributed by atoms with Crippen LogP contribution in [-0.4, -0.2) is 3.79 Å². The van der Waals surface area contributed by atoms with Gasteiger partial charge in [0.15, 0.2) is 3.79 Å². The molecule has 9 heavy (non-hydrogen) atoms. The van der Waals surface area contributed by atoms with Crippen LogP contribution in [-0.2, 0) is 0 Å². The standard InChI is InChI=1S/C5H6Cl3N/c1-4(3-9)2-5(6,7)8/h4H,2H2,1H3. The van der Waals surface area contributed by atoms with Crippen LogP contribution in [0.2, 0.25) is 0 Å². The summed E-state index contributed by atoms with van der Waals surface area (Å²) in [5.74, 6) is -0.197. The van der Waals surface area contributed by atoms with E-state index in [-0.39, 0.29) is 12.3 Å². The van der Waals surface area contributed by atoms with Crippen molar-refractivity contribution in [3.63, 3.8) is 0 Å². The van der Waals surface area contributed by atoms with Crippen molar-refractivity contribution in [3.8, 4) is 6.07 Å². The minimum Gasteiger partial charge on any atom is -0.198 e. The Morgan fingerprint density at radius 3 is 2.11 bits per heavy atom. The van der Waals surface area contributed by atoms with Crippen molar-refractivity contribution in [2.75, 3.05) is 0 Å². The Kier molecular flexibility index (Phi) is 3.65. The number of nitriles is 1. The summed E-state index contributed by atoms with van der Waals surface area (Å²) >= 11 is 16.2. The summed E-state index contributed by atoms with van der Waals surface area (Å²) in [6.45, 7) is 1.71. The minimum atomic E-state index is -1.28. The van der Waals surface area contributed by atoms with Gasteiger partial charge < -0.3 is 0 Å². The number of halogens is 3. The molecule has 1 unspecified atom stereocenters. The summed E-state index contributed by atoms with van der Waals surface area (Å²) in [5.41, 5.74) is 0. The fraction of sp³-hybridized carbons (Fsp3) is 0.800. The summed E-state index contributed by atoms with van der Waals surface area (Å²) in [7, 11) is 0. The largest absolute Gasteiger partial charge is 0.198 e. The smallest absolute Gasteiger partial charge is 0.191 e. The van der Waals surface area contributed by atoms with Gasteiger partial charge >= 0.3 is 0 Å². The van der Waals surface area contributed by atoms with Crippen molar-refractivity contribution >= 4 is 34.8 Å². The molecule has 52 valence electrons. The van der Waals surface area contributed by atoms with E-state index in [4.69, 9.17) is 40.1 Å². The third-order valence-corrected chi connectivity index (χ3v) is 1.22. The predicted octanol–water partition coefficient (Wildman–Crippen LogP) is 2.91. The molecule has 0 spiro atoms. The van der Waals surface area contributed by atoms with Crippen LogP contribution in [0.3, 0.4) is 0 Å². The monoisotopic (exact) mass is 185 g/mol. The number of hydrogen-bond donors (Lipinski definition) is 0. The Balaban J connectivity index is 3.63. The Hall–Kier alpha value is 0.360. The number of alkyl halides is 3. The van der Waals surface area contributed by atoms with E-state index in [1.165, 1.54) is 0 Å². The maximum atomic E-state index is 8.27. The fourth-order valence-electron chi connectivity index (χ4n) is 0.393. The first-order valence-electron chi connectivity index (χ1n) is 2.42. The van der Waals surface area contributed by atoms with Crippen LogP contribution in [0.4, 0.5) is 0 Å². The number of nitrogens with zero attached hydrogens (tertiary/aromatic N) is 1. The van der Waals surface area contributed by atoms with E-state index in [0.29, 0.717) is 0 Å². The molecule has 0 aromatic heterocycles. The summed E-state index contributed by atoms with van der Waals surface area (Å²) in [5, 5.41) is 8.27.